The highest BCUT2D eigenvalue weighted by molar-refractivity contribution is 5.39. The topological polar surface area (TPSA) is 41.5 Å². The summed E-state index contributed by atoms with van der Waals surface area (Å²) in [5.41, 5.74) is 2.22. The summed E-state index contributed by atoms with van der Waals surface area (Å²) in [4.78, 5) is 0. The number of aryl methyl sites for hydroxylation is 2. The quantitative estimate of drug-likeness (QED) is 0.781. The molecule has 0 aliphatic heterocycles. The summed E-state index contributed by atoms with van der Waals surface area (Å²) in [7, 11) is 0. The monoisotopic (exact) mass is 251 g/mol. The Balaban J connectivity index is 2.36. The number of aliphatic hydroxyl groups excluding tert-OH is 1. The lowest BCUT2D eigenvalue weighted by Crippen LogP contribution is -2.33. The summed E-state index contributed by atoms with van der Waals surface area (Å²) in [6, 6.07) is 6.05. The fraction of sp³-hybridized carbons (Fsp3) is 0.600. The molecule has 1 unspecified atom stereocenters. The van der Waals surface area contributed by atoms with Crippen LogP contribution in [0.4, 0.5) is 0 Å². The molecule has 0 radical (unpaired) electrons. The predicted octanol–water partition coefficient (Wildman–Crippen LogP) is 2.29. The Morgan fingerprint density at radius 2 is 1.78 bits per heavy atom. The van der Waals surface area contributed by atoms with E-state index in [2.05, 4.69) is 19.2 Å². The number of hydrogen-bond acceptors (Lipinski definition) is 3. The average Bonchev–Trinajstić information content (AvgIpc) is 2.27. The molecule has 0 aliphatic rings. The first-order valence-electron chi connectivity index (χ1n) is 6.58. The van der Waals surface area contributed by atoms with Gasteiger partial charge in [-0.05, 0) is 37.4 Å². The molecule has 2 N–H and O–H groups in total. The summed E-state index contributed by atoms with van der Waals surface area (Å²) in [6.45, 7) is 10.1. The minimum atomic E-state index is -0.470. The molecule has 0 spiro atoms. The normalized spacial score (nSPS) is 12.8. The second-order valence-electron chi connectivity index (χ2n) is 5.24. The van der Waals surface area contributed by atoms with Crippen molar-refractivity contribution in [2.45, 2.75) is 33.8 Å². The largest absolute Gasteiger partial charge is 0.490 e. The third-order valence-electron chi connectivity index (χ3n) is 2.76. The highest BCUT2D eigenvalue weighted by Crippen LogP contribution is 2.22. The zero-order valence-electron chi connectivity index (χ0n) is 11.9. The second kappa shape index (κ2) is 7.39. The van der Waals surface area contributed by atoms with Crippen LogP contribution in [0.1, 0.15) is 25.0 Å². The third-order valence-corrected chi connectivity index (χ3v) is 2.76. The van der Waals surface area contributed by atoms with Crippen molar-refractivity contribution in [1.29, 1.82) is 0 Å². The fourth-order valence-corrected chi connectivity index (χ4v) is 1.80. The Morgan fingerprint density at radius 1 is 1.17 bits per heavy atom. The van der Waals surface area contributed by atoms with Gasteiger partial charge in [0.25, 0.3) is 0 Å². The van der Waals surface area contributed by atoms with Crippen molar-refractivity contribution in [2.75, 3.05) is 19.7 Å². The van der Waals surface area contributed by atoms with Crippen LogP contribution in [0.2, 0.25) is 0 Å². The first-order valence-corrected chi connectivity index (χ1v) is 6.58. The maximum absolute atomic E-state index is 9.82. The van der Waals surface area contributed by atoms with E-state index in [1.165, 1.54) is 0 Å². The lowest BCUT2D eigenvalue weighted by Gasteiger charge is -2.16. The van der Waals surface area contributed by atoms with Crippen LogP contribution in [-0.4, -0.2) is 30.9 Å². The molecule has 1 aromatic carbocycles. The number of para-hydroxylation sites is 1. The Hall–Kier alpha value is -1.06. The molecule has 1 atom stereocenters. The van der Waals surface area contributed by atoms with E-state index in [1.807, 2.05) is 32.0 Å². The van der Waals surface area contributed by atoms with Crippen LogP contribution in [0.15, 0.2) is 18.2 Å². The Bertz CT molecular complexity index is 343. The number of benzene rings is 1. The van der Waals surface area contributed by atoms with Crippen LogP contribution < -0.4 is 10.1 Å². The van der Waals surface area contributed by atoms with Gasteiger partial charge in [0, 0.05) is 6.54 Å². The van der Waals surface area contributed by atoms with Gasteiger partial charge in [-0.3, -0.25) is 0 Å². The van der Waals surface area contributed by atoms with Crippen LogP contribution in [0.5, 0.6) is 5.75 Å². The minimum Gasteiger partial charge on any atom is -0.490 e. The van der Waals surface area contributed by atoms with Gasteiger partial charge in [0.05, 0.1) is 0 Å². The molecule has 0 saturated carbocycles. The fourth-order valence-electron chi connectivity index (χ4n) is 1.80. The Labute approximate surface area is 110 Å². The van der Waals surface area contributed by atoms with E-state index < -0.39 is 6.10 Å². The van der Waals surface area contributed by atoms with Crippen molar-refractivity contribution >= 4 is 0 Å². The first-order chi connectivity index (χ1) is 8.50. The van der Waals surface area contributed by atoms with E-state index in [4.69, 9.17) is 4.74 Å². The molecule has 0 saturated heterocycles. The van der Waals surface area contributed by atoms with Gasteiger partial charge in [0.1, 0.15) is 18.5 Å². The molecule has 3 nitrogen and oxygen atoms in total. The van der Waals surface area contributed by atoms with Gasteiger partial charge >= 0.3 is 0 Å². The van der Waals surface area contributed by atoms with Gasteiger partial charge in [0.15, 0.2) is 0 Å². The van der Waals surface area contributed by atoms with Crippen LogP contribution in [0.3, 0.4) is 0 Å². The summed E-state index contributed by atoms with van der Waals surface area (Å²) < 4.78 is 5.70. The molecule has 0 aliphatic carbocycles. The SMILES string of the molecule is Cc1cccc(C)c1OCC(O)CNCC(C)C. The zero-order chi connectivity index (χ0) is 13.5. The average molecular weight is 251 g/mol. The second-order valence-corrected chi connectivity index (χ2v) is 5.24. The molecular weight excluding hydrogens is 226 g/mol. The van der Waals surface area contributed by atoms with Gasteiger partial charge in [-0.2, -0.15) is 0 Å². The molecule has 0 amide bonds. The van der Waals surface area contributed by atoms with Gasteiger partial charge in [0.2, 0.25) is 0 Å². The van der Waals surface area contributed by atoms with E-state index in [0.29, 0.717) is 19.1 Å². The first kappa shape index (κ1) is 15.0. The summed E-state index contributed by atoms with van der Waals surface area (Å²) in [5.74, 6) is 1.48. The minimum absolute atomic E-state index is 0.330. The van der Waals surface area contributed by atoms with Crippen molar-refractivity contribution in [3.05, 3.63) is 29.3 Å². The number of nitrogens with one attached hydrogen (secondary N) is 1. The Kier molecular flexibility index (Phi) is 6.16. The molecule has 0 bridgehead atoms. The van der Waals surface area contributed by atoms with Crippen molar-refractivity contribution in [1.82, 2.24) is 5.32 Å². The summed E-state index contributed by atoms with van der Waals surface area (Å²) in [5, 5.41) is 13.0. The van der Waals surface area contributed by atoms with Gasteiger partial charge in [-0.15, -0.1) is 0 Å². The van der Waals surface area contributed by atoms with E-state index in [0.717, 1.165) is 23.4 Å². The molecule has 0 heterocycles. The molecule has 0 fully saturated rings. The highest BCUT2D eigenvalue weighted by atomic mass is 16.5. The number of hydrogen-bond donors (Lipinski definition) is 2. The molecule has 102 valence electrons. The van der Waals surface area contributed by atoms with Gasteiger partial charge in [-0.1, -0.05) is 32.0 Å². The van der Waals surface area contributed by atoms with Crippen LogP contribution in [0, 0.1) is 19.8 Å². The third kappa shape index (κ3) is 5.07. The van der Waals surface area contributed by atoms with E-state index in [9.17, 15) is 5.11 Å². The highest BCUT2D eigenvalue weighted by Gasteiger charge is 2.08. The van der Waals surface area contributed by atoms with E-state index in [1.54, 1.807) is 0 Å². The maximum atomic E-state index is 9.82. The summed E-state index contributed by atoms with van der Waals surface area (Å²) in [6.07, 6.45) is -0.470. The molecular formula is C15H25NO2. The number of ether oxygens (including phenoxy) is 1. The van der Waals surface area contributed by atoms with Crippen molar-refractivity contribution in [2.24, 2.45) is 5.92 Å². The smallest absolute Gasteiger partial charge is 0.125 e. The van der Waals surface area contributed by atoms with Crippen molar-refractivity contribution in [3.63, 3.8) is 0 Å². The van der Waals surface area contributed by atoms with E-state index >= 15 is 0 Å². The van der Waals surface area contributed by atoms with Crippen molar-refractivity contribution < 1.29 is 9.84 Å². The lowest BCUT2D eigenvalue weighted by molar-refractivity contribution is 0.105. The van der Waals surface area contributed by atoms with Crippen molar-refractivity contribution in [3.8, 4) is 5.75 Å². The molecule has 1 aromatic rings. The zero-order valence-corrected chi connectivity index (χ0v) is 11.9. The van der Waals surface area contributed by atoms with Crippen LogP contribution in [-0.2, 0) is 0 Å². The van der Waals surface area contributed by atoms with Crippen LogP contribution in [0.25, 0.3) is 0 Å². The van der Waals surface area contributed by atoms with Gasteiger partial charge in [-0.25, -0.2) is 0 Å². The van der Waals surface area contributed by atoms with Crippen LogP contribution >= 0.6 is 0 Å². The predicted molar refractivity (Wildman–Crippen MR) is 75.1 cm³/mol. The molecule has 3 heteroatoms. The number of aliphatic hydroxyl groups is 1. The standard InChI is InChI=1S/C15H25NO2/c1-11(2)8-16-9-14(17)10-18-15-12(3)6-5-7-13(15)4/h5-7,11,14,16-17H,8-10H2,1-4H3. The lowest BCUT2D eigenvalue weighted by atomic mass is 10.1. The Morgan fingerprint density at radius 3 is 2.33 bits per heavy atom. The maximum Gasteiger partial charge on any atom is 0.125 e. The van der Waals surface area contributed by atoms with E-state index in [-0.39, 0.29) is 0 Å². The molecule has 18 heavy (non-hydrogen) atoms. The van der Waals surface area contributed by atoms with Gasteiger partial charge < -0.3 is 15.2 Å². The molecule has 1 rings (SSSR count). The summed E-state index contributed by atoms with van der Waals surface area (Å²) >= 11 is 0. The number of rotatable bonds is 7. The molecule has 0 aromatic heterocycles.